The number of hydrazine groups is 2. The summed E-state index contributed by atoms with van der Waals surface area (Å²) in [6.07, 6.45) is 0.950. The molecule has 6 heteroatoms. The van der Waals surface area contributed by atoms with Crippen LogP contribution in [0.25, 0.3) is 0 Å². The van der Waals surface area contributed by atoms with Crippen LogP contribution in [0.5, 0.6) is 0 Å². The first kappa shape index (κ1) is 19.1. The Morgan fingerprint density at radius 2 is 1.61 bits per heavy atom. The molecule has 6 nitrogen and oxygen atoms in total. The topological polar surface area (TPSA) is 68.4 Å². The van der Waals surface area contributed by atoms with Crippen molar-refractivity contribution in [3.05, 3.63) is 71.8 Å². The molecule has 2 saturated heterocycles. The van der Waals surface area contributed by atoms with Gasteiger partial charge in [0, 0.05) is 31.7 Å². The number of hydrogen-bond donors (Lipinski definition) is 4. The Labute approximate surface area is 166 Å². The van der Waals surface area contributed by atoms with Crippen molar-refractivity contribution in [2.24, 2.45) is 5.92 Å². The Balaban J connectivity index is 1.41. The minimum Gasteiger partial charge on any atom is -0.341 e. The van der Waals surface area contributed by atoms with E-state index in [2.05, 4.69) is 65.0 Å². The van der Waals surface area contributed by atoms with Crippen molar-refractivity contribution in [2.75, 3.05) is 13.6 Å². The van der Waals surface area contributed by atoms with Gasteiger partial charge in [-0.3, -0.25) is 15.6 Å². The third kappa shape index (κ3) is 3.82. The van der Waals surface area contributed by atoms with Crippen LogP contribution in [0.3, 0.4) is 0 Å². The molecule has 0 saturated carbocycles. The van der Waals surface area contributed by atoms with Crippen molar-refractivity contribution >= 4 is 5.91 Å². The fourth-order valence-electron chi connectivity index (χ4n) is 4.24. The molecule has 4 N–H and O–H groups in total. The van der Waals surface area contributed by atoms with Crippen molar-refractivity contribution in [1.29, 1.82) is 0 Å². The Morgan fingerprint density at radius 1 is 0.964 bits per heavy atom. The summed E-state index contributed by atoms with van der Waals surface area (Å²) < 4.78 is 0. The van der Waals surface area contributed by atoms with Crippen LogP contribution in [0, 0.1) is 5.92 Å². The predicted octanol–water partition coefficient (Wildman–Crippen LogP) is 1.91. The van der Waals surface area contributed by atoms with Crippen LogP contribution >= 0.6 is 0 Å². The number of likely N-dealkylation sites (N-methyl/N-ethyl adjacent to an activating group) is 1. The largest absolute Gasteiger partial charge is 0.341 e. The van der Waals surface area contributed by atoms with Crippen LogP contribution in [0.4, 0.5) is 0 Å². The number of hydrogen-bond acceptors (Lipinski definition) is 5. The normalized spacial score (nSPS) is 28.2. The van der Waals surface area contributed by atoms with Crippen molar-refractivity contribution < 1.29 is 4.79 Å². The Bertz CT molecular complexity index is 784. The fourth-order valence-corrected chi connectivity index (χ4v) is 4.24. The monoisotopic (exact) mass is 379 g/mol. The van der Waals surface area contributed by atoms with Gasteiger partial charge in [-0.2, -0.15) is 0 Å². The van der Waals surface area contributed by atoms with Crippen LogP contribution in [-0.4, -0.2) is 36.5 Å². The fraction of sp³-hybridized carbons (Fsp3) is 0.409. The molecule has 2 fully saturated rings. The van der Waals surface area contributed by atoms with E-state index in [1.54, 1.807) is 0 Å². The van der Waals surface area contributed by atoms with E-state index in [0.29, 0.717) is 6.54 Å². The third-order valence-electron chi connectivity index (χ3n) is 6.13. The molecule has 28 heavy (non-hydrogen) atoms. The molecule has 0 bridgehead atoms. The molecule has 5 atom stereocenters. The van der Waals surface area contributed by atoms with E-state index < -0.39 is 0 Å². The van der Waals surface area contributed by atoms with Crippen molar-refractivity contribution in [3.63, 3.8) is 0 Å². The second-order valence-electron chi connectivity index (χ2n) is 7.80. The zero-order chi connectivity index (χ0) is 19.5. The predicted molar refractivity (Wildman–Crippen MR) is 110 cm³/mol. The minimum atomic E-state index is -0.117. The van der Waals surface area contributed by atoms with Crippen LogP contribution in [-0.2, 0) is 4.79 Å². The molecule has 0 aliphatic carbocycles. The second kappa shape index (κ2) is 8.41. The molecule has 148 valence electrons. The van der Waals surface area contributed by atoms with Gasteiger partial charge in [-0.25, -0.2) is 10.9 Å². The highest BCUT2D eigenvalue weighted by molar-refractivity contribution is 5.80. The zero-order valence-electron chi connectivity index (χ0n) is 16.4. The summed E-state index contributed by atoms with van der Waals surface area (Å²) in [5.74, 6) is 0.0537. The first-order valence-electron chi connectivity index (χ1n) is 10.0. The average Bonchev–Trinajstić information content (AvgIpc) is 3.43. The summed E-state index contributed by atoms with van der Waals surface area (Å²) >= 11 is 0. The van der Waals surface area contributed by atoms with Crippen molar-refractivity contribution in [1.82, 2.24) is 26.6 Å². The van der Waals surface area contributed by atoms with Gasteiger partial charge in [0.05, 0.1) is 12.0 Å². The summed E-state index contributed by atoms with van der Waals surface area (Å²) in [6, 6.07) is 21.2. The van der Waals surface area contributed by atoms with Crippen molar-refractivity contribution in [2.45, 2.75) is 37.5 Å². The maximum atomic E-state index is 13.3. The lowest BCUT2D eigenvalue weighted by atomic mass is 9.92. The number of nitrogens with one attached hydrogen (secondary N) is 4. The van der Waals surface area contributed by atoms with Gasteiger partial charge in [-0.1, -0.05) is 60.7 Å². The molecular weight excluding hydrogens is 350 g/mol. The van der Waals surface area contributed by atoms with Crippen LogP contribution in [0.1, 0.15) is 36.6 Å². The van der Waals surface area contributed by atoms with E-state index in [4.69, 9.17) is 0 Å². The number of amides is 1. The molecule has 5 unspecified atom stereocenters. The first-order valence-corrected chi connectivity index (χ1v) is 10.0. The SMILES string of the molecule is CC(C1CC(c2ccccc2)NN1)N(C)C(=O)C1CNNC1c1ccccc1. The first-order chi connectivity index (χ1) is 13.6. The van der Waals surface area contributed by atoms with E-state index >= 15 is 0 Å². The average molecular weight is 380 g/mol. The van der Waals surface area contributed by atoms with E-state index in [-0.39, 0.29) is 36.0 Å². The van der Waals surface area contributed by atoms with E-state index in [9.17, 15) is 4.79 Å². The highest BCUT2D eigenvalue weighted by Crippen LogP contribution is 2.29. The molecule has 2 aliphatic heterocycles. The Morgan fingerprint density at radius 3 is 2.29 bits per heavy atom. The van der Waals surface area contributed by atoms with Gasteiger partial charge in [0.25, 0.3) is 0 Å². The van der Waals surface area contributed by atoms with E-state index in [1.807, 2.05) is 36.2 Å². The molecule has 2 aromatic rings. The molecule has 0 radical (unpaired) electrons. The summed E-state index contributed by atoms with van der Waals surface area (Å²) in [7, 11) is 1.92. The van der Waals surface area contributed by atoms with Gasteiger partial charge < -0.3 is 4.90 Å². The quantitative estimate of drug-likeness (QED) is 0.639. The summed E-state index contributed by atoms with van der Waals surface area (Å²) in [6.45, 7) is 2.76. The lowest BCUT2D eigenvalue weighted by Gasteiger charge is -2.32. The highest BCUT2D eigenvalue weighted by Gasteiger charge is 2.39. The number of carbonyl (C=O) groups excluding carboxylic acids is 1. The maximum absolute atomic E-state index is 13.3. The third-order valence-corrected chi connectivity index (χ3v) is 6.13. The van der Waals surface area contributed by atoms with Crippen LogP contribution < -0.4 is 21.7 Å². The molecule has 0 aromatic heterocycles. The minimum absolute atomic E-state index is 0.00456. The lowest BCUT2D eigenvalue weighted by molar-refractivity contribution is -0.136. The molecule has 0 spiro atoms. The molecule has 2 aliphatic rings. The van der Waals surface area contributed by atoms with Crippen LogP contribution in [0.2, 0.25) is 0 Å². The van der Waals surface area contributed by atoms with E-state index in [0.717, 1.165) is 12.0 Å². The number of benzene rings is 2. The van der Waals surface area contributed by atoms with Gasteiger partial charge in [0.1, 0.15) is 0 Å². The maximum Gasteiger partial charge on any atom is 0.229 e. The Kier molecular flexibility index (Phi) is 5.73. The molecular formula is C22H29N5O. The van der Waals surface area contributed by atoms with Gasteiger partial charge >= 0.3 is 0 Å². The summed E-state index contributed by atoms with van der Waals surface area (Å²) in [4.78, 5) is 15.2. The number of nitrogens with zero attached hydrogens (tertiary/aromatic N) is 1. The van der Waals surface area contributed by atoms with Crippen molar-refractivity contribution in [3.8, 4) is 0 Å². The molecule has 2 heterocycles. The zero-order valence-corrected chi connectivity index (χ0v) is 16.4. The van der Waals surface area contributed by atoms with Gasteiger partial charge in [-0.05, 0) is 24.5 Å². The smallest absolute Gasteiger partial charge is 0.229 e. The highest BCUT2D eigenvalue weighted by atomic mass is 16.2. The standard InChI is InChI=1S/C22H29N5O/c1-15(19-13-20(25-24-19)16-9-5-3-6-10-16)27(2)22(28)18-14-23-26-21(18)17-11-7-4-8-12-17/h3-12,15,18-21,23-26H,13-14H2,1-2H3. The summed E-state index contributed by atoms with van der Waals surface area (Å²) in [5, 5.41) is 0. The van der Waals surface area contributed by atoms with Gasteiger partial charge in [-0.15, -0.1) is 0 Å². The second-order valence-corrected chi connectivity index (χ2v) is 7.80. The Hall–Kier alpha value is -2.25. The molecule has 1 amide bonds. The van der Waals surface area contributed by atoms with Crippen LogP contribution in [0.15, 0.2) is 60.7 Å². The number of carbonyl (C=O) groups is 1. The molecule has 4 rings (SSSR count). The lowest BCUT2D eigenvalue weighted by Crippen LogP contribution is -2.50. The molecule has 2 aromatic carbocycles. The van der Waals surface area contributed by atoms with E-state index in [1.165, 1.54) is 5.56 Å². The number of rotatable bonds is 5. The van der Waals surface area contributed by atoms with Gasteiger partial charge in [0.2, 0.25) is 5.91 Å². The summed E-state index contributed by atoms with van der Waals surface area (Å²) in [5.41, 5.74) is 15.6. The van der Waals surface area contributed by atoms with Gasteiger partial charge in [0.15, 0.2) is 0 Å².